The zero-order valence-electron chi connectivity index (χ0n) is 14.2. The lowest BCUT2D eigenvalue weighted by atomic mass is 9.99. The molecule has 0 heterocycles. The summed E-state index contributed by atoms with van der Waals surface area (Å²) < 4.78 is -0.0306. The minimum Gasteiger partial charge on any atom is -0.365 e. The van der Waals surface area contributed by atoms with E-state index in [-0.39, 0.29) is 3.92 Å². The van der Waals surface area contributed by atoms with Gasteiger partial charge in [0.2, 0.25) is 0 Å². The fraction of sp³-hybridized carbons (Fsp3) is 1.00. The first kappa shape index (κ1) is 21.6. The van der Waals surface area contributed by atoms with Crippen molar-refractivity contribution < 1.29 is 10.2 Å². The van der Waals surface area contributed by atoms with Crippen LogP contribution in [0.25, 0.3) is 0 Å². The van der Waals surface area contributed by atoms with Crippen molar-refractivity contribution in [1.29, 1.82) is 0 Å². The molecule has 0 radical (unpaired) electrons. The predicted molar refractivity (Wildman–Crippen MR) is 101 cm³/mol. The van der Waals surface area contributed by atoms with E-state index in [2.05, 4.69) is 36.4 Å². The largest absolute Gasteiger partial charge is 0.365 e. The molecule has 0 rings (SSSR count). The van der Waals surface area contributed by atoms with Crippen molar-refractivity contribution in [2.75, 3.05) is 0 Å². The van der Waals surface area contributed by atoms with E-state index in [0.29, 0.717) is 6.42 Å². The monoisotopic (exact) mass is 412 g/mol. The summed E-state index contributed by atoms with van der Waals surface area (Å²) in [5.74, 6) is -1.46. The fourth-order valence-corrected chi connectivity index (χ4v) is 3.41. The Morgan fingerprint density at radius 2 is 1.14 bits per heavy atom. The van der Waals surface area contributed by atoms with Crippen molar-refractivity contribution in [3.05, 3.63) is 0 Å². The number of halogens is 1. The van der Waals surface area contributed by atoms with Crippen molar-refractivity contribution in [3.63, 3.8) is 0 Å². The van der Waals surface area contributed by atoms with Crippen LogP contribution in [0.2, 0.25) is 0 Å². The third-order valence-electron chi connectivity index (χ3n) is 4.21. The first-order valence-electron chi connectivity index (χ1n) is 9.13. The molecule has 0 aromatic rings. The summed E-state index contributed by atoms with van der Waals surface area (Å²) in [6, 6.07) is 0. The van der Waals surface area contributed by atoms with E-state index in [1.54, 1.807) is 0 Å². The second-order valence-electron chi connectivity index (χ2n) is 6.42. The van der Waals surface area contributed by atoms with Gasteiger partial charge in [-0.1, -0.05) is 107 Å². The van der Waals surface area contributed by atoms with Gasteiger partial charge >= 0.3 is 0 Å². The average molecular weight is 412 g/mol. The van der Waals surface area contributed by atoms with E-state index >= 15 is 0 Å². The van der Waals surface area contributed by atoms with Crippen LogP contribution in [-0.4, -0.2) is 19.9 Å². The number of alkyl halides is 1. The highest BCUT2D eigenvalue weighted by Gasteiger charge is 2.31. The molecule has 0 aliphatic rings. The van der Waals surface area contributed by atoms with Gasteiger partial charge in [0, 0.05) is 6.42 Å². The number of unbranched alkanes of at least 4 members (excludes halogenated alkanes) is 10. The molecule has 0 saturated carbocycles. The molecule has 0 amide bonds. The van der Waals surface area contributed by atoms with Gasteiger partial charge in [0.05, 0.1) is 3.92 Å². The number of aliphatic hydroxyl groups is 2. The molecule has 2 nitrogen and oxygen atoms in total. The lowest BCUT2D eigenvalue weighted by Gasteiger charge is -2.27. The topological polar surface area (TPSA) is 40.5 Å². The van der Waals surface area contributed by atoms with Crippen LogP contribution in [0.5, 0.6) is 0 Å². The molecular weight excluding hydrogens is 375 g/mol. The molecule has 1 unspecified atom stereocenters. The van der Waals surface area contributed by atoms with Gasteiger partial charge in [-0.15, -0.1) is 0 Å². The van der Waals surface area contributed by atoms with Gasteiger partial charge in [-0.05, 0) is 12.8 Å². The summed E-state index contributed by atoms with van der Waals surface area (Å²) >= 11 is 2.23. The van der Waals surface area contributed by atoms with E-state index in [1.807, 2.05) is 0 Å². The van der Waals surface area contributed by atoms with Crippen molar-refractivity contribution in [1.82, 2.24) is 0 Å². The molecule has 0 saturated heterocycles. The lowest BCUT2D eigenvalue weighted by molar-refractivity contribution is -0.163. The Morgan fingerprint density at radius 1 is 0.714 bits per heavy atom. The molecule has 1 atom stereocenters. The standard InChI is InChI=1S/C18H37IO2/c1-3-5-7-9-10-11-13-15-17(19)18(20,21)16-14-12-8-6-4-2/h17,20-21H,3-16H2,1-2H3. The van der Waals surface area contributed by atoms with Crippen LogP contribution in [0.3, 0.4) is 0 Å². The van der Waals surface area contributed by atoms with Crippen molar-refractivity contribution in [3.8, 4) is 0 Å². The Kier molecular flexibility index (Phi) is 14.7. The number of rotatable bonds is 15. The van der Waals surface area contributed by atoms with Crippen LogP contribution >= 0.6 is 22.6 Å². The van der Waals surface area contributed by atoms with Gasteiger partial charge in [0.15, 0.2) is 5.79 Å². The minimum absolute atomic E-state index is 0.0306. The molecule has 0 aliphatic heterocycles. The summed E-state index contributed by atoms with van der Waals surface area (Å²) in [6.45, 7) is 4.44. The molecule has 0 spiro atoms. The van der Waals surface area contributed by atoms with Crippen LogP contribution in [-0.2, 0) is 0 Å². The van der Waals surface area contributed by atoms with Crippen molar-refractivity contribution in [2.45, 2.75) is 113 Å². The summed E-state index contributed by atoms with van der Waals surface area (Å²) in [5.41, 5.74) is 0. The Bertz CT molecular complexity index is 219. The van der Waals surface area contributed by atoms with Crippen LogP contribution < -0.4 is 0 Å². The highest BCUT2D eigenvalue weighted by Crippen LogP contribution is 2.27. The highest BCUT2D eigenvalue weighted by atomic mass is 127. The lowest BCUT2D eigenvalue weighted by Crippen LogP contribution is -2.38. The third kappa shape index (κ3) is 12.8. The Labute approximate surface area is 146 Å². The maximum absolute atomic E-state index is 10.2. The SMILES string of the molecule is CCCCCCCCCC(I)C(O)(O)CCCCCCC. The predicted octanol–water partition coefficient (Wildman–Crippen LogP) is 5.97. The zero-order chi connectivity index (χ0) is 16.0. The molecule has 0 fully saturated rings. The average Bonchev–Trinajstić information content (AvgIpc) is 2.45. The quantitative estimate of drug-likeness (QED) is 0.151. The molecule has 2 N–H and O–H groups in total. The van der Waals surface area contributed by atoms with Gasteiger partial charge in [-0.3, -0.25) is 0 Å². The van der Waals surface area contributed by atoms with Gasteiger partial charge < -0.3 is 10.2 Å². The molecule has 0 aromatic carbocycles. The van der Waals surface area contributed by atoms with Crippen molar-refractivity contribution in [2.24, 2.45) is 0 Å². The molecule has 0 aromatic heterocycles. The molecule has 3 heteroatoms. The first-order chi connectivity index (χ1) is 10.0. The Balaban J connectivity index is 3.59. The highest BCUT2D eigenvalue weighted by molar-refractivity contribution is 14.1. The van der Waals surface area contributed by atoms with Crippen LogP contribution in [0, 0.1) is 0 Å². The number of hydrogen-bond acceptors (Lipinski definition) is 2. The maximum Gasteiger partial charge on any atom is 0.174 e. The maximum atomic E-state index is 10.2. The van der Waals surface area contributed by atoms with E-state index < -0.39 is 5.79 Å². The molecular formula is C18H37IO2. The van der Waals surface area contributed by atoms with Crippen molar-refractivity contribution >= 4 is 22.6 Å². The fourth-order valence-electron chi connectivity index (χ4n) is 2.66. The second-order valence-corrected chi connectivity index (χ2v) is 7.92. The summed E-state index contributed by atoms with van der Waals surface area (Å²) in [6.07, 6.45) is 16.2. The molecule has 128 valence electrons. The van der Waals surface area contributed by atoms with Gasteiger partial charge in [-0.25, -0.2) is 0 Å². The molecule has 0 aliphatic carbocycles. The van der Waals surface area contributed by atoms with Crippen LogP contribution in [0.1, 0.15) is 104 Å². The van der Waals surface area contributed by atoms with E-state index in [0.717, 1.165) is 25.7 Å². The summed E-state index contributed by atoms with van der Waals surface area (Å²) in [4.78, 5) is 0. The van der Waals surface area contributed by atoms with Gasteiger partial charge in [0.25, 0.3) is 0 Å². The summed E-state index contributed by atoms with van der Waals surface area (Å²) in [5, 5.41) is 20.3. The third-order valence-corrected chi connectivity index (χ3v) is 5.83. The Hall–Kier alpha value is 0.650. The smallest absolute Gasteiger partial charge is 0.174 e. The van der Waals surface area contributed by atoms with Gasteiger partial charge in [0.1, 0.15) is 0 Å². The van der Waals surface area contributed by atoms with Crippen LogP contribution in [0.4, 0.5) is 0 Å². The summed E-state index contributed by atoms with van der Waals surface area (Å²) in [7, 11) is 0. The van der Waals surface area contributed by atoms with E-state index in [4.69, 9.17) is 0 Å². The van der Waals surface area contributed by atoms with Crippen LogP contribution in [0.15, 0.2) is 0 Å². The normalized spacial score (nSPS) is 13.6. The Morgan fingerprint density at radius 3 is 1.67 bits per heavy atom. The number of hydrogen-bond donors (Lipinski definition) is 2. The molecule has 0 bridgehead atoms. The van der Waals surface area contributed by atoms with Gasteiger partial charge in [-0.2, -0.15) is 0 Å². The second kappa shape index (κ2) is 14.3. The minimum atomic E-state index is -1.46. The molecule has 21 heavy (non-hydrogen) atoms. The van der Waals surface area contributed by atoms with E-state index in [9.17, 15) is 10.2 Å². The zero-order valence-corrected chi connectivity index (χ0v) is 16.4. The first-order valence-corrected chi connectivity index (χ1v) is 10.4. The van der Waals surface area contributed by atoms with E-state index in [1.165, 1.54) is 57.8 Å².